The summed E-state index contributed by atoms with van der Waals surface area (Å²) >= 11 is 0. The molecule has 0 bridgehead atoms. The van der Waals surface area contributed by atoms with Crippen LogP contribution < -0.4 is 10.2 Å². The Hall–Kier alpha value is -2.39. The molecule has 1 atom stereocenters. The van der Waals surface area contributed by atoms with E-state index in [4.69, 9.17) is 5.26 Å². The third-order valence-corrected chi connectivity index (χ3v) is 4.35. The van der Waals surface area contributed by atoms with Crippen LogP contribution in [-0.2, 0) is 6.54 Å². The second-order valence-electron chi connectivity index (χ2n) is 5.96. The molecule has 5 nitrogen and oxygen atoms in total. The van der Waals surface area contributed by atoms with E-state index in [-0.39, 0.29) is 5.82 Å². The predicted octanol–water partition coefficient (Wildman–Crippen LogP) is 2.49. The quantitative estimate of drug-likeness (QED) is 0.910. The van der Waals surface area contributed by atoms with E-state index in [2.05, 4.69) is 20.4 Å². The molecule has 120 valence electrons. The molecule has 0 amide bonds. The Kier molecular flexibility index (Phi) is 4.58. The van der Waals surface area contributed by atoms with Gasteiger partial charge < -0.3 is 10.2 Å². The predicted molar refractivity (Wildman–Crippen MR) is 86.5 cm³/mol. The number of nitrogens with one attached hydrogen (secondary N) is 2. The highest BCUT2D eigenvalue weighted by Gasteiger charge is 2.22. The molecule has 2 heterocycles. The van der Waals surface area contributed by atoms with E-state index < -0.39 is 0 Å². The molecule has 2 aromatic rings. The molecule has 1 aliphatic heterocycles. The topological polar surface area (TPSA) is 67.7 Å². The molecule has 23 heavy (non-hydrogen) atoms. The summed E-state index contributed by atoms with van der Waals surface area (Å²) in [5, 5.41) is 19.3. The Morgan fingerprint density at radius 2 is 2.39 bits per heavy atom. The number of piperidine rings is 1. The minimum atomic E-state index is -0.324. The molecule has 0 saturated carbocycles. The van der Waals surface area contributed by atoms with Crippen LogP contribution in [0.4, 0.5) is 10.1 Å². The number of hydrogen-bond donors (Lipinski definition) is 2. The van der Waals surface area contributed by atoms with Gasteiger partial charge in [-0.05, 0) is 38.0 Å². The molecule has 2 N–H and O–H groups in total. The lowest BCUT2D eigenvalue weighted by atomic mass is 10.0. The number of hydrogen-bond acceptors (Lipinski definition) is 4. The summed E-state index contributed by atoms with van der Waals surface area (Å²) in [6, 6.07) is 6.96. The number of aromatic amines is 1. The van der Waals surface area contributed by atoms with Gasteiger partial charge in [0, 0.05) is 36.9 Å². The molecule has 0 spiro atoms. The van der Waals surface area contributed by atoms with Crippen LogP contribution in [-0.4, -0.2) is 29.3 Å². The van der Waals surface area contributed by atoms with Crippen LogP contribution in [0.1, 0.15) is 29.7 Å². The van der Waals surface area contributed by atoms with Crippen LogP contribution in [0.5, 0.6) is 0 Å². The van der Waals surface area contributed by atoms with Gasteiger partial charge in [0.15, 0.2) is 0 Å². The summed E-state index contributed by atoms with van der Waals surface area (Å²) in [4.78, 5) is 2.06. The van der Waals surface area contributed by atoms with Crippen molar-refractivity contribution in [3.63, 3.8) is 0 Å². The first kappa shape index (κ1) is 15.5. The summed E-state index contributed by atoms with van der Waals surface area (Å²) in [5.74, 6) is -0.324. The van der Waals surface area contributed by atoms with Gasteiger partial charge in [0.1, 0.15) is 5.82 Å². The molecule has 0 radical (unpaired) electrons. The number of benzene rings is 1. The molecule has 6 heteroatoms. The summed E-state index contributed by atoms with van der Waals surface area (Å²) in [7, 11) is 0. The van der Waals surface area contributed by atoms with Crippen molar-refractivity contribution < 1.29 is 4.39 Å². The number of aromatic nitrogens is 2. The second-order valence-corrected chi connectivity index (χ2v) is 5.96. The van der Waals surface area contributed by atoms with Gasteiger partial charge in [0.2, 0.25) is 0 Å². The van der Waals surface area contributed by atoms with E-state index in [1.165, 1.54) is 6.07 Å². The van der Waals surface area contributed by atoms with E-state index >= 15 is 0 Å². The lowest BCUT2D eigenvalue weighted by molar-refractivity contribution is 0.418. The first-order valence-corrected chi connectivity index (χ1v) is 7.84. The second kappa shape index (κ2) is 6.80. The van der Waals surface area contributed by atoms with Crippen molar-refractivity contribution in [2.75, 3.05) is 18.0 Å². The van der Waals surface area contributed by atoms with E-state index in [1.807, 2.05) is 19.2 Å². The zero-order valence-electron chi connectivity index (χ0n) is 13.1. The van der Waals surface area contributed by atoms with Crippen molar-refractivity contribution >= 4 is 5.69 Å². The summed E-state index contributed by atoms with van der Waals surface area (Å²) in [6.07, 6.45) is 3.93. The zero-order chi connectivity index (χ0) is 16.2. The van der Waals surface area contributed by atoms with Crippen molar-refractivity contribution in [1.82, 2.24) is 15.5 Å². The maximum Gasteiger partial charge on any atom is 0.147 e. The Morgan fingerprint density at radius 3 is 3.09 bits per heavy atom. The van der Waals surface area contributed by atoms with Gasteiger partial charge in [-0.15, -0.1) is 0 Å². The van der Waals surface area contributed by atoms with Crippen molar-refractivity contribution in [1.29, 1.82) is 5.26 Å². The van der Waals surface area contributed by atoms with Crippen molar-refractivity contribution in [2.45, 2.75) is 32.4 Å². The Labute approximate surface area is 135 Å². The van der Waals surface area contributed by atoms with E-state index in [9.17, 15) is 4.39 Å². The normalized spacial score (nSPS) is 18.0. The average molecular weight is 313 g/mol. The maximum atomic E-state index is 14.2. The number of H-pyrrole nitrogens is 1. The number of rotatable bonds is 4. The number of aryl methyl sites for hydroxylation is 1. The van der Waals surface area contributed by atoms with Crippen LogP contribution >= 0.6 is 0 Å². The van der Waals surface area contributed by atoms with Gasteiger partial charge in [-0.25, -0.2) is 4.39 Å². The van der Waals surface area contributed by atoms with Crippen molar-refractivity contribution in [3.05, 3.63) is 47.0 Å². The van der Waals surface area contributed by atoms with Gasteiger partial charge in [-0.2, -0.15) is 10.4 Å². The summed E-state index contributed by atoms with van der Waals surface area (Å²) < 4.78 is 14.2. The number of anilines is 1. The van der Waals surface area contributed by atoms with Gasteiger partial charge >= 0.3 is 0 Å². The fourth-order valence-corrected chi connectivity index (χ4v) is 3.00. The Morgan fingerprint density at radius 1 is 1.52 bits per heavy atom. The first-order chi connectivity index (χ1) is 11.2. The SMILES string of the molecule is Cc1[nH]ncc1CNC1CCCN(c2ccc(C#N)cc2F)C1. The van der Waals surface area contributed by atoms with Crippen molar-refractivity contribution in [3.8, 4) is 6.07 Å². The van der Waals surface area contributed by atoms with Gasteiger partial charge in [-0.1, -0.05) is 0 Å². The molecular weight excluding hydrogens is 293 g/mol. The molecular formula is C17H20FN5. The third-order valence-electron chi connectivity index (χ3n) is 4.35. The van der Waals surface area contributed by atoms with Crippen LogP contribution in [0.2, 0.25) is 0 Å². The monoisotopic (exact) mass is 313 g/mol. The van der Waals surface area contributed by atoms with Crippen molar-refractivity contribution in [2.24, 2.45) is 0 Å². The summed E-state index contributed by atoms with van der Waals surface area (Å²) in [5.41, 5.74) is 3.17. The van der Waals surface area contributed by atoms with Gasteiger partial charge in [0.05, 0.1) is 23.5 Å². The molecule has 1 aromatic carbocycles. The Balaban J connectivity index is 1.64. The first-order valence-electron chi connectivity index (χ1n) is 7.84. The van der Waals surface area contributed by atoms with Gasteiger partial charge in [-0.3, -0.25) is 5.10 Å². The number of nitrogens with zero attached hydrogens (tertiary/aromatic N) is 3. The lowest BCUT2D eigenvalue weighted by Gasteiger charge is -2.35. The zero-order valence-corrected chi connectivity index (χ0v) is 13.1. The lowest BCUT2D eigenvalue weighted by Crippen LogP contribution is -2.45. The molecule has 1 unspecified atom stereocenters. The molecule has 1 aliphatic rings. The molecule has 1 aromatic heterocycles. The fraction of sp³-hybridized carbons (Fsp3) is 0.412. The minimum absolute atomic E-state index is 0.313. The minimum Gasteiger partial charge on any atom is -0.368 e. The van der Waals surface area contributed by atoms with Crippen LogP contribution in [0.3, 0.4) is 0 Å². The average Bonchev–Trinajstić information content (AvgIpc) is 2.98. The van der Waals surface area contributed by atoms with E-state index in [0.29, 0.717) is 17.3 Å². The molecule has 1 fully saturated rings. The molecule has 1 saturated heterocycles. The molecule has 3 rings (SSSR count). The molecule has 0 aliphatic carbocycles. The highest BCUT2D eigenvalue weighted by Crippen LogP contribution is 2.24. The Bertz CT molecular complexity index is 718. The fourth-order valence-electron chi connectivity index (χ4n) is 3.00. The van der Waals surface area contributed by atoms with Crippen LogP contribution in [0.15, 0.2) is 24.4 Å². The highest BCUT2D eigenvalue weighted by atomic mass is 19.1. The standard InChI is InChI=1S/C17H20FN5/c1-12-14(10-21-22-12)9-20-15-3-2-6-23(11-15)17-5-4-13(8-19)7-16(17)18/h4-5,7,10,15,20H,2-3,6,9,11H2,1H3,(H,21,22). The maximum absolute atomic E-state index is 14.2. The largest absolute Gasteiger partial charge is 0.368 e. The van der Waals surface area contributed by atoms with Crippen LogP contribution in [0.25, 0.3) is 0 Å². The third kappa shape index (κ3) is 3.51. The van der Waals surface area contributed by atoms with Crippen LogP contribution in [0, 0.1) is 24.1 Å². The van der Waals surface area contributed by atoms with E-state index in [0.717, 1.165) is 43.7 Å². The highest BCUT2D eigenvalue weighted by molar-refractivity contribution is 5.51. The van der Waals surface area contributed by atoms with E-state index in [1.54, 1.807) is 12.1 Å². The number of nitriles is 1. The number of halogens is 1. The van der Waals surface area contributed by atoms with Gasteiger partial charge in [0.25, 0.3) is 0 Å². The summed E-state index contributed by atoms with van der Waals surface area (Å²) in [6.45, 7) is 4.37. The smallest absolute Gasteiger partial charge is 0.147 e.